The van der Waals surface area contributed by atoms with Gasteiger partial charge in [0.05, 0.1) is 28.4 Å². The van der Waals surface area contributed by atoms with Gasteiger partial charge in [-0.2, -0.15) is 0 Å². The number of amides is 1. The van der Waals surface area contributed by atoms with Crippen molar-refractivity contribution in [3.63, 3.8) is 0 Å². The summed E-state index contributed by atoms with van der Waals surface area (Å²) in [5.74, 6) is -0.669. The van der Waals surface area contributed by atoms with Crippen LogP contribution in [0.25, 0.3) is 21.1 Å². The Labute approximate surface area is 247 Å². The fourth-order valence-electron chi connectivity index (χ4n) is 4.20. The molecule has 0 bridgehead atoms. The lowest BCUT2D eigenvalue weighted by molar-refractivity contribution is -0.0637. The summed E-state index contributed by atoms with van der Waals surface area (Å²) >= 11 is 14.2. The molecule has 1 fully saturated rings. The monoisotopic (exact) mass is 610 g/mol. The average molecular weight is 612 g/mol. The molecule has 40 heavy (non-hydrogen) atoms. The van der Waals surface area contributed by atoms with Gasteiger partial charge in [0.2, 0.25) is 0 Å². The van der Waals surface area contributed by atoms with Gasteiger partial charge in [-0.25, -0.2) is 9.18 Å². The number of carbonyl (C=O) groups is 1. The first-order valence-corrected chi connectivity index (χ1v) is 14.4. The largest absolute Gasteiger partial charge is 0.488 e. The highest BCUT2D eigenvalue weighted by molar-refractivity contribution is 7.18. The molecule has 0 unspecified atom stereocenters. The van der Waals surface area contributed by atoms with Crippen molar-refractivity contribution in [1.29, 1.82) is 0 Å². The van der Waals surface area contributed by atoms with Gasteiger partial charge in [0.15, 0.2) is 11.6 Å². The van der Waals surface area contributed by atoms with E-state index in [4.69, 9.17) is 37.4 Å². The molecule has 4 rings (SSSR count). The lowest BCUT2D eigenvalue weighted by Crippen LogP contribution is -2.51. The first-order chi connectivity index (χ1) is 18.6. The number of ether oxygens (including phenoxy) is 3. The molecule has 0 aliphatic carbocycles. The predicted octanol–water partition coefficient (Wildman–Crippen LogP) is 7.89. The third-order valence-corrected chi connectivity index (χ3v) is 7.56. The normalized spacial score (nSPS) is 16.9. The highest BCUT2D eigenvalue weighted by atomic mass is 35.5. The maximum atomic E-state index is 15.2. The van der Waals surface area contributed by atoms with E-state index in [9.17, 15) is 4.79 Å². The van der Waals surface area contributed by atoms with Gasteiger partial charge < -0.3 is 19.5 Å². The molecule has 1 atom stereocenters. The Morgan fingerprint density at radius 2 is 1.90 bits per heavy atom. The summed E-state index contributed by atoms with van der Waals surface area (Å²) in [5, 5.41) is 13.6. The van der Waals surface area contributed by atoms with E-state index in [1.165, 1.54) is 28.4 Å². The fourth-order valence-corrected chi connectivity index (χ4v) is 5.60. The number of anilines is 1. The Hall–Kier alpha value is -2.66. The number of rotatable bonds is 7. The minimum absolute atomic E-state index is 0.0132. The Morgan fingerprint density at radius 1 is 1.20 bits per heavy atom. The predicted molar refractivity (Wildman–Crippen MR) is 157 cm³/mol. The van der Waals surface area contributed by atoms with Crippen molar-refractivity contribution in [3.8, 4) is 26.9 Å². The molecule has 1 saturated heterocycles. The summed E-state index contributed by atoms with van der Waals surface area (Å²) in [5.41, 5.74) is 0.423. The molecular weight excluding hydrogens is 578 g/mol. The van der Waals surface area contributed by atoms with Crippen molar-refractivity contribution >= 4 is 46.3 Å². The maximum Gasteiger partial charge on any atom is 0.413 e. The molecule has 0 spiro atoms. The van der Waals surface area contributed by atoms with Crippen molar-refractivity contribution in [2.75, 3.05) is 18.5 Å². The number of nitrogens with one attached hydrogen (secondary N) is 1. The molecule has 1 N–H and O–H groups in total. The van der Waals surface area contributed by atoms with Crippen LogP contribution in [-0.4, -0.2) is 57.8 Å². The first-order valence-electron chi connectivity index (χ1n) is 12.8. The Kier molecular flexibility index (Phi) is 8.85. The van der Waals surface area contributed by atoms with Gasteiger partial charge in [0.1, 0.15) is 27.9 Å². The van der Waals surface area contributed by atoms with Gasteiger partial charge in [-0.1, -0.05) is 34.5 Å². The fraction of sp³-hybridized carbons (Fsp3) is 0.464. The molecule has 2 heterocycles. The van der Waals surface area contributed by atoms with Gasteiger partial charge >= 0.3 is 6.09 Å². The number of halogens is 3. The standard InChI is InChI=1S/C28H33Cl2FN4O4S/c1-15(2)32-22-9-8-16(10-20(22)30)24-33-34-25(40-24)18-11-21(31)23(12-19(18)29)37-13-17-14-38-28(6,7)35(17)26(36)39-27(3,4)5/h8-12,15,17,32H,13-14H2,1-7H3/t17-/m1/s1. The van der Waals surface area contributed by atoms with Gasteiger partial charge in [0, 0.05) is 23.2 Å². The zero-order valence-corrected chi connectivity index (χ0v) is 25.8. The zero-order valence-electron chi connectivity index (χ0n) is 23.5. The zero-order chi connectivity index (χ0) is 29.4. The molecule has 8 nitrogen and oxygen atoms in total. The Balaban J connectivity index is 1.49. The first kappa shape index (κ1) is 30.3. The Morgan fingerprint density at radius 3 is 2.55 bits per heavy atom. The van der Waals surface area contributed by atoms with Gasteiger partial charge in [-0.3, -0.25) is 4.90 Å². The number of benzene rings is 2. The van der Waals surface area contributed by atoms with E-state index in [1.807, 2.05) is 32.0 Å². The summed E-state index contributed by atoms with van der Waals surface area (Å²) in [6.45, 7) is 13.2. The van der Waals surface area contributed by atoms with Crippen molar-refractivity contribution in [3.05, 3.63) is 46.2 Å². The van der Waals surface area contributed by atoms with Crippen LogP contribution in [0.3, 0.4) is 0 Å². The molecule has 2 aromatic carbocycles. The van der Waals surface area contributed by atoms with E-state index in [2.05, 4.69) is 15.5 Å². The molecule has 3 aromatic rings. The van der Waals surface area contributed by atoms with Crippen LogP contribution in [0.4, 0.5) is 14.9 Å². The van der Waals surface area contributed by atoms with Gasteiger partial charge in [0.25, 0.3) is 0 Å². The lowest BCUT2D eigenvalue weighted by Gasteiger charge is -2.35. The van der Waals surface area contributed by atoms with Crippen LogP contribution in [0.1, 0.15) is 48.5 Å². The van der Waals surface area contributed by atoms with E-state index < -0.39 is 29.3 Å². The number of hydrogen-bond donors (Lipinski definition) is 1. The molecule has 1 amide bonds. The molecular formula is C28H33Cl2FN4O4S. The van der Waals surface area contributed by atoms with Crippen LogP contribution in [-0.2, 0) is 9.47 Å². The Bertz CT molecular complexity index is 1390. The van der Waals surface area contributed by atoms with Crippen LogP contribution in [0.15, 0.2) is 30.3 Å². The molecule has 216 valence electrons. The van der Waals surface area contributed by atoms with Crippen molar-refractivity contribution < 1.29 is 23.4 Å². The second-order valence-corrected chi connectivity index (χ2v) is 13.0. The van der Waals surface area contributed by atoms with Crippen molar-refractivity contribution in [2.45, 2.75) is 71.9 Å². The number of nitrogens with zero attached hydrogens (tertiary/aromatic N) is 3. The minimum atomic E-state index is -0.901. The molecule has 1 aliphatic rings. The van der Waals surface area contributed by atoms with Crippen LogP contribution in [0, 0.1) is 5.82 Å². The summed E-state index contributed by atoms with van der Waals surface area (Å²) in [6.07, 6.45) is -0.531. The van der Waals surface area contributed by atoms with Crippen LogP contribution < -0.4 is 10.1 Å². The molecule has 1 aliphatic heterocycles. The minimum Gasteiger partial charge on any atom is -0.488 e. The second-order valence-electron chi connectivity index (χ2n) is 11.2. The van der Waals surface area contributed by atoms with Crippen LogP contribution in [0.5, 0.6) is 5.75 Å². The van der Waals surface area contributed by atoms with E-state index >= 15 is 4.39 Å². The van der Waals surface area contributed by atoms with Crippen molar-refractivity contribution in [1.82, 2.24) is 15.1 Å². The van der Waals surface area contributed by atoms with Crippen LogP contribution >= 0.6 is 34.5 Å². The summed E-state index contributed by atoms with van der Waals surface area (Å²) in [4.78, 5) is 14.3. The summed E-state index contributed by atoms with van der Waals surface area (Å²) < 4.78 is 32.3. The third-order valence-electron chi connectivity index (χ3n) is 5.93. The molecule has 0 radical (unpaired) electrons. The van der Waals surface area contributed by atoms with E-state index in [0.29, 0.717) is 20.6 Å². The summed E-state index contributed by atoms with van der Waals surface area (Å²) in [7, 11) is 0. The van der Waals surface area contributed by atoms with E-state index in [1.54, 1.807) is 34.6 Å². The second kappa shape index (κ2) is 11.7. The number of aromatic nitrogens is 2. The van der Waals surface area contributed by atoms with Crippen molar-refractivity contribution in [2.24, 2.45) is 0 Å². The topological polar surface area (TPSA) is 85.8 Å². The molecule has 1 aromatic heterocycles. The average Bonchev–Trinajstić information content (AvgIpc) is 3.43. The molecule has 0 saturated carbocycles. The molecule has 12 heteroatoms. The number of hydrogen-bond acceptors (Lipinski definition) is 8. The van der Waals surface area contributed by atoms with Crippen LogP contribution in [0.2, 0.25) is 10.0 Å². The number of carbonyl (C=O) groups excluding carboxylic acids is 1. The highest BCUT2D eigenvalue weighted by Crippen LogP contribution is 2.39. The van der Waals surface area contributed by atoms with Gasteiger partial charge in [-0.05, 0) is 72.7 Å². The summed E-state index contributed by atoms with van der Waals surface area (Å²) in [6, 6.07) is 8.02. The SMILES string of the molecule is CC(C)Nc1ccc(-c2nnc(-c3cc(F)c(OC[C@@H]4COC(C)(C)N4C(=O)OC(C)(C)C)cc3Cl)s2)cc1Cl. The quantitative estimate of drug-likeness (QED) is 0.291. The third kappa shape index (κ3) is 6.97. The smallest absolute Gasteiger partial charge is 0.413 e. The highest BCUT2D eigenvalue weighted by Gasteiger charge is 2.46. The maximum absolute atomic E-state index is 15.2. The van der Waals surface area contributed by atoms with Gasteiger partial charge in [-0.15, -0.1) is 10.2 Å². The van der Waals surface area contributed by atoms with E-state index in [-0.39, 0.29) is 30.0 Å². The lowest BCUT2D eigenvalue weighted by atomic mass is 10.2. The van der Waals surface area contributed by atoms with E-state index in [0.717, 1.165) is 11.3 Å².